The van der Waals surface area contributed by atoms with Crippen molar-refractivity contribution in [2.45, 2.75) is 44.8 Å². The quantitative estimate of drug-likeness (QED) is 0.371. The smallest absolute Gasteiger partial charge is 0.308 e. The number of rotatable bonds is 8. The molecule has 1 unspecified atom stereocenters. The predicted molar refractivity (Wildman–Crippen MR) is 132 cm³/mol. The van der Waals surface area contributed by atoms with Gasteiger partial charge in [-0.2, -0.15) is 0 Å². The highest BCUT2D eigenvalue weighted by atomic mass is 19.1. The highest BCUT2D eigenvalue weighted by molar-refractivity contribution is 6.01. The molecule has 0 saturated carbocycles. The normalized spacial score (nSPS) is 15.7. The van der Waals surface area contributed by atoms with Crippen molar-refractivity contribution in [3.63, 3.8) is 0 Å². The van der Waals surface area contributed by atoms with Crippen LogP contribution in [0.2, 0.25) is 0 Å². The number of ether oxygens (including phenoxy) is 1. The van der Waals surface area contributed by atoms with Crippen LogP contribution in [0.25, 0.3) is 0 Å². The van der Waals surface area contributed by atoms with Crippen LogP contribution in [0.15, 0.2) is 66.9 Å². The van der Waals surface area contributed by atoms with Crippen molar-refractivity contribution in [2.75, 3.05) is 4.90 Å². The molecule has 2 heterocycles. The summed E-state index contributed by atoms with van der Waals surface area (Å²) in [6.45, 7) is 1.57. The van der Waals surface area contributed by atoms with Gasteiger partial charge >= 0.3 is 5.97 Å². The van der Waals surface area contributed by atoms with Gasteiger partial charge in [0.1, 0.15) is 17.6 Å². The standard InChI is InChI=1S/C27H27FN4O4/c1-17(33)36-21-10-8-18(9-11-21)16-32-25-7-4-12-30-23(25)15-24(27(32)35)31-26(34)14-20(29)13-19-5-2-3-6-22(19)28/h2-12,20,24H,13-16,29H2,1H3,(H,31,34)/t20-,24?/m1/s1. The summed E-state index contributed by atoms with van der Waals surface area (Å²) in [5.74, 6) is -1.02. The van der Waals surface area contributed by atoms with Crippen LogP contribution in [0.4, 0.5) is 10.1 Å². The van der Waals surface area contributed by atoms with Gasteiger partial charge in [-0.15, -0.1) is 0 Å². The molecule has 3 N–H and O–H groups in total. The number of nitrogens with one attached hydrogen (secondary N) is 1. The van der Waals surface area contributed by atoms with E-state index in [4.69, 9.17) is 10.5 Å². The van der Waals surface area contributed by atoms with Crippen LogP contribution in [0, 0.1) is 5.82 Å². The third-order valence-corrected chi connectivity index (χ3v) is 5.87. The van der Waals surface area contributed by atoms with Gasteiger partial charge in [0, 0.05) is 32.0 Å². The van der Waals surface area contributed by atoms with Crippen LogP contribution >= 0.6 is 0 Å². The van der Waals surface area contributed by atoms with Gasteiger partial charge in [0.05, 0.1) is 17.9 Å². The molecule has 4 rings (SSSR count). The molecule has 0 bridgehead atoms. The molecule has 1 aliphatic heterocycles. The molecule has 3 aromatic rings. The Labute approximate surface area is 208 Å². The SMILES string of the molecule is CC(=O)Oc1ccc(CN2C(=O)C(NC(=O)C[C@H](N)Cc3ccccc3F)Cc3ncccc32)cc1. The summed E-state index contributed by atoms with van der Waals surface area (Å²) in [5.41, 5.74) is 8.71. The first kappa shape index (κ1) is 25.0. The summed E-state index contributed by atoms with van der Waals surface area (Å²) < 4.78 is 19.0. The van der Waals surface area contributed by atoms with E-state index in [1.165, 1.54) is 13.0 Å². The summed E-state index contributed by atoms with van der Waals surface area (Å²) in [7, 11) is 0. The fourth-order valence-corrected chi connectivity index (χ4v) is 4.22. The third kappa shape index (κ3) is 6.11. The molecule has 0 aliphatic carbocycles. The number of hydrogen-bond acceptors (Lipinski definition) is 6. The van der Waals surface area contributed by atoms with Crippen molar-refractivity contribution in [2.24, 2.45) is 5.73 Å². The van der Waals surface area contributed by atoms with E-state index >= 15 is 0 Å². The van der Waals surface area contributed by atoms with Gasteiger partial charge in [0.25, 0.3) is 0 Å². The molecular formula is C27H27FN4O4. The van der Waals surface area contributed by atoms with Crippen molar-refractivity contribution in [1.29, 1.82) is 0 Å². The summed E-state index contributed by atoms with van der Waals surface area (Å²) in [5, 5.41) is 2.79. The molecule has 36 heavy (non-hydrogen) atoms. The molecule has 1 aliphatic rings. The van der Waals surface area contributed by atoms with E-state index in [1.54, 1.807) is 59.6 Å². The average Bonchev–Trinajstić information content (AvgIpc) is 2.84. The van der Waals surface area contributed by atoms with Crippen molar-refractivity contribution in [3.05, 3.63) is 89.5 Å². The number of pyridine rings is 1. The van der Waals surface area contributed by atoms with Crippen molar-refractivity contribution in [1.82, 2.24) is 10.3 Å². The lowest BCUT2D eigenvalue weighted by molar-refractivity contribution is -0.131. The number of hydrogen-bond donors (Lipinski definition) is 2. The van der Waals surface area contributed by atoms with E-state index in [1.807, 2.05) is 6.07 Å². The summed E-state index contributed by atoms with van der Waals surface area (Å²) in [6.07, 6.45) is 2.05. The molecule has 0 radical (unpaired) electrons. The molecule has 1 aromatic heterocycles. The zero-order valence-corrected chi connectivity index (χ0v) is 19.8. The maximum absolute atomic E-state index is 13.9. The molecule has 2 atom stereocenters. The Kier molecular flexibility index (Phi) is 7.70. The molecule has 0 spiro atoms. The lowest BCUT2D eigenvalue weighted by atomic mass is 9.99. The van der Waals surface area contributed by atoms with E-state index in [9.17, 15) is 18.8 Å². The van der Waals surface area contributed by atoms with Crippen molar-refractivity contribution >= 4 is 23.5 Å². The number of amides is 2. The zero-order valence-electron chi connectivity index (χ0n) is 19.8. The van der Waals surface area contributed by atoms with Crippen LogP contribution in [-0.2, 0) is 33.8 Å². The van der Waals surface area contributed by atoms with Gasteiger partial charge in [0.2, 0.25) is 11.8 Å². The molecule has 0 saturated heterocycles. The largest absolute Gasteiger partial charge is 0.427 e. The predicted octanol–water partition coefficient (Wildman–Crippen LogP) is 2.68. The number of aromatic nitrogens is 1. The maximum atomic E-state index is 13.9. The van der Waals surface area contributed by atoms with Gasteiger partial charge in [-0.05, 0) is 47.9 Å². The van der Waals surface area contributed by atoms with E-state index in [0.717, 1.165) is 5.56 Å². The number of carbonyl (C=O) groups is 3. The topological polar surface area (TPSA) is 115 Å². The van der Waals surface area contributed by atoms with Crippen LogP contribution in [0.5, 0.6) is 5.75 Å². The van der Waals surface area contributed by atoms with Crippen LogP contribution in [-0.4, -0.2) is 34.9 Å². The van der Waals surface area contributed by atoms with Gasteiger partial charge < -0.3 is 20.7 Å². The third-order valence-electron chi connectivity index (χ3n) is 5.87. The fourth-order valence-electron chi connectivity index (χ4n) is 4.22. The molecule has 2 amide bonds. The minimum Gasteiger partial charge on any atom is -0.427 e. The Bertz CT molecular complexity index is 1260. The monoisotopic (exact) mass is 490 g/mol. The number of anilines is 1. The minimum atomic E-state index is -0.805. The lowest BCUT2D eigenvalue weighted by Gasteiger charge is -2.34. The van der Waals surface area contributed by atoms with Gasteiger partial charge in [-0.25, -0.2) is 4.39 Å². The maximum Gasteiger partial charge on any atom is 0.308 e. The zero-order chi connectivity index (χ0) is 25.7. The Morgan fingerprint density at radius 3 is 2.64 bits per heavy atom. The number of fused-ring (bicyclic) bond motifs is 1. The van der Waals surface area contributed by atoms with Gasteiger partial charge in [0.15, 0.2) is 0 Å². The van der Waals surface area contributed by atoms with Crippen molar-refractivity contribution in [3.8, 4) is 5.75 Å². The molecule has 0 fully saturated rings. The van der Waals surface area contributed by atoms with E-state index < -0.39 is 18.1 Å². The Morgan fingerprint density at radius 2 is 1.92 bits per heavy atom. The van der Waals surface area contributed by atoms with Crippen LogP contribution in [0.1, 0.15) is 30.2 Å². The fraction of sp³-hybridized carbons (Fsp3) is 0.259. The Morgan fingerprint density at radius 1 is 1.17 bits per heavy atom. The minimum absolute atomic E-state index is 0.0508. The summed E-state index contributed by atoms with van der Waals surface area (Å²) >= 11 is 0. The van der Waals surface area contributed by atoms with Crippen LogP contribution < -0.4 is 20.7 Å². The summed E-state index contributed by atoms with van der Waals surface area (Å²) in [6, 6.07) is 15.3. The number of nitrogens with zero attached hydrogens (tertiary/aromatic N) is 2. The second kappa shape index (κ2) is 11.1. The Balaban J connectivity index is 1.44. The van der Waals surface area contributed by atoms with Gasteiger partial charge in [-0.1, -0.05) is 30.3 Å². The number of carbonyl (C=O) groups excluding carboxylic acids is 3. The van der Waals surface area contributed by atoms with Gasteiger partial charge in [-0.3, -0.25) is 19.4 Å². The number of benzene rings is 2. The summed E-state index contributed by atoms with van der Waals surface area (Å²) in [4.78, 5) is 43.3. The number of nitrogens with two attached hydrogens (primary N) is 1. The lowest BCUT2D eigenvalue weighted by Crippen LogP contribution is -2.53. The highest BCUT2D eigenvalue weighted by Crippen LogP contribution is 2.28. The molecular weight excluding hydrogens is 463 g/mol. The number of halogens is 1. The molecule has 186 valence electrons. The Hall–Kier alpha value is -4.11. The van der Waals surface area contributed by atoms with E-state index in [-0.39, 0.29) is 43.4 Å². The van der Waals surface area contributed by atoms with E-state index in [2.05, 4.69) is 10.3 Å². The average molecular weight is 491 g/mol. The first-order valence-corrected chi connectivity index (χ1v) is 11.6. The first-order valence-electron chi connectivity index (χ1n) is 11.6. The van der Waals surface area contributed by atoms with E-state index in [0.29, 0.717) is 22.7 Å². The second-order valence-electron chi connectivity index (χ2n) is 8.72. The number of esters is 1. The second-order valence-corrected chi connectivity index (χ2v) is 8.72. The van der Waals surface area contributed by atoms with Crippen LogP contribution in [0.3, 0.4) is 0 Å². The highest BCUT2D eigenvalue weighted by Gasteiger charge is 2.34. The molecule has 8 nitrogen and oxygen atoms in total. The van der Waals surface area contributed by atoms with Crippen molar-refractivity contribution < 1.29 is 23.5 Å². The molecule has 9 heteroatoms. The molecule has 2 aromatic carbocycles. The first-order chi connectivity index (χ1) is 17.3.